The molecule has 0 saturated carbocycles. The van der Waals surface area contributed by atoms with Crippen molar-refractivity contribution in [2.24, 2.45) is 0 Å². The molecule has 8 heteroatoms. The molecular formula is C23H24FN3O4. The van der Waals surface area contributed by atoms with Crippen molar-refractivity contribution >= 4 is 17.7 Å². The molecule has 4 rings (SSSR count). The normalized spacial score (nSPS) is 22.7. The highest BCUT2D eigenvalue weighted by atomic mass is 19.1. The first-order chi connectivity index (χ1) is 14.9. The number of carbonyl (C=O) groups excluding carboxylic acids is 3. The van der Waals surface area contributed by atoms with Crippen LogP contribution in [0.15, 0.2) is 42.5 Å². The fourth-order valence-electron chi connectivity index (χ4n) is 4.10. The van der Waals surface area contributed by atoms with Crippen molar-refractivity contribution in [2.45, 2.75) is 37.9 Å². The number of methoxy groups -OCH3 is 1. The van der Waals surface area contributed by atoms with E-state index in [1.807, 2.05) is 24.3 Å². The second-order valence-electron chi connectivity index (χ2n) is 7.99. The summed E-state index contributed by atoms with van der Waals surface area (Å²) in [5.74, 6) is -0.553. The van der Waals surface area contributed by atoms with Gasteiger partial charge in [-0.25, -0.2) is 4.39 Å². The molecule has 3 amide bonds. The molecule has 0 bridgehead atoms. The van der Waals surface area contributed by atoms with E-state index in [-0.39, 0.29) is 30.0 Å². The molecule has 0 unspecified atom stereocenters. The van der Waals surface area contributed by atoms with Crippen LogP contribution in [-0.2, 0) is 16.0 Å². The Bertz CT molecular complexity index is 1020. The predicted octanol–water partition coefficient (Wildman–Crippen LogP) is 1.58. The molecule has 31 heavy (non-hydrogen) atoms. The van der Waals surface area contributed by atoms with E-state index in [1.54, 1.807) is 26.2 Å². The highest BCUT2D eigenvalue weighted by Gasteiger charge is 2.46. The Morgan fingerprint density at radius 3 is 2.65 bits per heavy atom. The molecule has 2 aromatic carbocycles. The SMILES string of the molecule is COc1ccc(C[C@@H]2NC(=O)[C@@H]3C[C@H](NC(=O)c4ccc(C)c(F)c4)CN3C2=O)cc1. The highest BCUT2D eigenvalue weighted by Crippen LogP contribution is 2.25. The Labute approximate surface area is 179 Å². The second-order valence-corrected chi connectivity index (χ2v) is 7.99. The molecule has 2 aliphatic rings. The predicted molar refractivity (Wildman–Crippen MR) is 111 cm³/mol. The van der Waals surface area contributed by atoms with Crippen molar-refractivity contribution in [1.29, 1.82) is 0 Å². The van der Waals surface area contributed by atoms with Gasteiger partial charge in [0, 0.05) is 24.6 Å². The molecule has 0 spiro atoms. The van der Waals surface area contributed by atoms with Gasteiger partial charge in [0.1, 0.15) is 23.7 Å². The molecule has 162 valence electrons. The molecule has 2 N–H and O–H groups in total. The molecule has 0 radical (unpaired) electrons. The van der Waals surface area contributed by atoms with Crippen molar-refractivity contribution in [3.8, 4) is 5.75 Å². The average molecular weight is 425 g/mol. The summed E-state index contributed by atoms with van der Waals surface area (Å²) in [6.45, 7) is 1.87. The number of hydrogen-bond donors (Lipinski definition) is 2. The van der Waals surface area contributed by atoms with Gasteiger partial charge in [0.2, 0.25) is 11.8 Å². The number of aryl methyl sites for hydroxylation is 1. The van der Waals surface area contributed by atoms with E-state index in [0.717, 1.165) is 11.3 Å². The maximum Gasteiger partial charge on any atom is 0.251 e. The fourth-order valence-corrected chi connectivity index (χ4v) is 4.10. The molecule has 2 aromatic rings. The van der Waals surface area contributed by atoms with Crippen LogP contribution >= 0.6 is 0 Å². The van der Waals surface area contributed by atoms with Gasteiger partial charge in [-0.3, -0.25) is 14.4 Å². The van der Waals surface area contributed by atoms with E-state index in [9.17, 15) is 18.8 Å². The smallest absolute Gasteiger partial charge is 0.251 e. The van der Waals surface area contributed by atoms with Crippen LogP contribution in [0.4, 0.5) is 4.39 Å². The average Bonchev–Trinajstić information content (AvgIpc) is 3.19. The summed E-state index contributed by atoms with van der Waals surface area (Å²) in [5, 5.41) is 5.63. The van der Waals surface area contributed by atoms with Gasteiger partial charge in [0.05, 0.1) is 7.11 Å². The van der Waals surface area contributed by atoms with Crippen molar-refractivity contribution in [3.63, 3.8) is 0 Å². The largest absolute Gasteiger partial charge is 0.497 e. The summed E-state index contributed by atoms with van der Waals surface area (Å²) in [5.41, 5.74) is 1.57. The maximum atomic E-state index is 13.8. The summed E-state index contributed by atoms with van der Waals surface area (Å²) >= 11 is 0. The fraction of sp³-hybridized carbons (Fsp3) is 0.348. The molecular weight excluding hydrogens is 401 g/mol. The number of amides is 3. The van der Waals surface area contributed by atoms with Crippen LogP contribution in [0.5, 0.6) is 5.75 Å². The highest BCUT2D eigenvalue weighted by molar-refractivity contribution is 5.98. The number of rotatable bonds is 5. The first-order valence-corrected chi connectivity index (χ1v) is 10.2. The minimum absolute atomic E-state index is 0.168. The van der Waals surface area contributed by atoms with Crippen LogP contribution < -0.4 is 15.4 Å². The number of ether oxygens (including phenoxy) is 1. The Kier molecular flexibility index (Phi) is 5.63. The standard InChI is InChI=1S/C23H24FN3O4/c1-13-3-6-15(10-18(13)24)21(28)25-16-11-20-22(29)26-19(23(30)27(20)12-16)9-14-4-7-17(31-2)8-5-14/h3-8,10,16,19-20H,9,11-12H2,1-2H3,(H,25,28)(H,26,29)/t16-,19-,20-/m0/s1. The molecule has 0 aromatic heterocycles. The Morgan fingerprint density at radius 2 is 1.97 bits per heavy atom. The van der Waals surface area contributed by atoms with Crippen LogP contribution in [0, 0.1) is 12.7 Å². The van der Waals surface area contributed by atoms with E-state index in [2.05, 4.69) is 10.6 Å². The number of nitrogens with zero attached hydrogens (tertiary/aromatic N) is 1. The van der Waals surface area contributed by atoms with Gasteiger partial charge in [0.25, 0.3) is 5.91 Å². The van der Waals surface area contributed by atoms with Gasteiger partial charge >= 0.3 is 0 Å². The van der Waals surface area contributed by atoms with Gasteiger partial charge in [-0.2, -0.15) is 0 Å². The zero-order chi connectivity index (χ0) is 22.1. The lowest BCUT2D eigenvalue weighted by molar-refractivity contribution is -0.147. The minimum atomic E-state index is -0.655. The summed E-state index contributed by atoms with van der Waals surface area (Å²) in [6.07, 6.45) is 0.699. The zero-order valence-electron chi connectivity index (χ0n) is 17.4. The van der Waals surface area contributed by atoms with Gasteiger partial charge in [-0.05, 0) is 48.7 Å². The lowest BCUT2D eigenvalue weighted by Gasteiger charge is -2.34. The summed E-state index contributed by atoms with van der Waals surface area (Å²) in [4.78, 5) is 39.6. The summed E-state index contributed by atoms with van der Waals surface area (Å²) in [7, 11) is 1.58. The number of carbonyl (C=O) groups is 3. The van der Waals surface area contributed by atoms with E-state index in [0.29, 0.717) is 18.4 Å². The summed E-state index contributed by atoms with van der Waals surface area (Å²) in [6, 6.07) is 9.98. The molecule has 2 saturated heterocycles. The van der Waals surface area contributed by atoms with Crippen LogP contribution in [0.3, 0.4) is 0 Å². The second kappa shape index (κ2) is 8.37. The van der Waals surface area contributed by atoms with E-state index in [4.69, 9.17) is 4.74 Å². The van der Waals surface area contributed by atoms with E-state index in [1.165, 1.54) is 11.0 Å². The van der Waals surface area contributed by atoms with Crippen molar-refractivity contribution in [3.05, 3.63) is 65.0 Å². The molecule has 2 aliphatic heterocycles. The van der Waals surface area contributed by atoms with Crippen molar-refractivity contribution in [1.82, 2.24) is 15.5 Å². The third-order valence-electron chi connectivity index (χ3n) is 5.87. The van der Waals surface area contributed by atoms with Crippen LogP contribution in [0.25, 0.3) is 0 Å². The number of halogens is 1. The molecule has 2 fully saturated rings. The molecule has 0 aliphatic carbocycles. The van der Waals surface area contributed by atoms with Gasteiger partial charge < -0.3 is 20.3 Å². The lowest BCUT2D eigenvalue weighted by Crippen LogP contribution is -2.61. The Balaban J connectivity index is 1.41. The number of fused-ring (bicyclic) bond motifs is 1. The zero-order valence-corrected chi connectivity index (χ0v) is 17.4. The van der Waals surface area contributed by atoms with Gasteiger partial charge in [-0.1, -0.05) is 18.2 Å². The topological polar surface area (TPSA) is 87.7 Å². The van der Waals surface area contributed by atoms with Crippen LogP contribution in [0.1, 0.15) is 27.9 Å². The summed E-state index contributed by atoms with van der Waals surface area (Å²) < 4.78 is 18.9. The van der Waals surface area contributed by atoms with Crippen molar-refractivity contribution < 1.29 is 23.5 Å². The number of benzene rings is 2. The minimum Gasteiger partial charge on any atom is -0.497 e. The van der Waals surface area contributed by atoms with Crippen LogP contribution in [0.2, 0.25) is 0 Å². The first kappa shape index (κ1) is 20.8. The third kappa shape index (κ3) is 4.23. The maximum absolute atomic E-state index is 13.8. The van der Waals surface area contributed by atoms with E-state index >= 15 is 0 Å². The van der Waals surface area contributed by atoms with Crippen molar-refractivity contribution in [2.75, 3.05) is 13.7 Å². The lowest BCUT2D eigenvalue weighted by atomic mass is 10.0. The molecule has 3 atom stereocenters. The quantitative estimate of drug-likeness (QED) is 0.762. The monoisotopic (exact) mass is 425 g/mol. The van der Waals surface area contributed by atoms with Gasteiger partial charge in [0.15, 0.2) is 0 Å². The van der Waals surface area contributed by atoms with Crippen LogP contribution in [-0.4, -0.2) is 54.4 Å². The molecule has 2 heterocycles. The van der Waals surface area contributed by atoms with E-state index < -0.39 is 23.8 Å². The first-order valence-electron chi connectivity index (χ1n) is 10.2. The van der Waals surface area contributed by atoms with Gasteiger partial charge in [-0.15, -0.1) is 0 Å². The molecule has 7 nitrogen and oxygen atoms in total. The Morgan fingerprint density at radius 1 is 1.23 bits per heavy atom. The Hall–Kier alpha value is -3.42. The number of piperazine rings is 1. The number of nitrogens with one attached hydrogen (secondary N) is 2. The number of hydrogen-bond acceptors (Lipinski definition) is 4. The third-order valence-corrected chi connectivity index (χ3v) is 5.87.